The van der Waals surface area contributed by atoms with Crippen LogP contribution in [0.4, 0.5) is 8.78 Å². The van der Waals surface area contributed by atoms with Crippen molar-refractivity contribution in [3.63, 3.8) is 0 Å². The van der Waals surface area contributed by atoms with Gasteiger partial charge in [0.1, 0.15) is 11.6 Å². The SMILES string of the molecule is Fc1cc(F)cc(Cc2nc3nccc(-c4ccsc4)n3n2)c1. The number of hydrogen-bond acceptors (Lipinski definition) is 4. The third-order valence-corrected chi connectivity index (χ3v) is 4.07. The number of benzene rings is 1. The molecule has 0 aliphatic rings. The first kappa shape index (κ1) is 14.0. The Balaban J connectivity index is 1.76. The Bertz CT molecular complexity index is 959. The number of halogens is 2. The van der Waals surface area contributed by atoms with Gasteiger partial charge in [-0.2, -0.15) is 20.8 Å². The van der Waals surface area contributed by atoms with E-state index in [9.17, 15) is 8.78 Å². The van der Waals surface area contributed by atoms with Crippen LogP contribution in [-0.2, 0) is 6.42 Å². The van der Waals surface area contributed by atoms with Crippen molar-refractivity contribution in [3.8, 4) is 11.3 Å². The average Bonchev–Trinajstić information content (AvgIpc) is 3.14. The lowest BCUT2D eigenvalue weighted by Gasteiger charge is -2.00. The van der Waals surface area contributed by atoms with Gasteiger partial charge in [0.2, 0.25) is 0 Å². The Kier molecular flexibility index (Phi) is 3.34. The van der Waals surface area contributed by atoms with Gasteiger partial charge in [-0.3, -0.25) is 0 Å². The van der Waals surface area contributed by atoms with E-state index in [1.807, 2.05) is 22.9 Å². The highest BCUT2D eigenvalue weighted by atomic mass is 32.1. The van der Waals surface area contributed by atoms with Gasteiger partial charge in [0.25, 0.3) is 5.78 Å². The number of nitrogens with zero attached hydrogens (tertiary/aromatic N) is 4. The number of rotatable bonds is 3. The fourth-order valence-electron chi connectivity index (χ4n) is 2.43. The molecular weight excluding hydrogens is 318 g/mol. The van der Waals surface area contributed by atoms with E-state index in [-0.39, 0.29) is 6.42 Å². The van der Waals surface area contributed by atoms with Crippen LogP contribution < -0.4 is 0 Å². The van der Waals surface area contributed by atoms with Crippen molar-refractivity contribution in [2.45, 2.75) is 6.42 Å². The van der Waals surface area contributed by atoms with Gasteiger partial charge < -0.3 is 0 Å². The molecule has 0 spiro atoms. The highest BCUT2D eigenvalue weighted by Gasteiger charge is 2.11. The molecule has 0 amide bonds. The molecule has 0 atom stereocenters. The fourth-order valence-corrected chi connectivity index (χ4v) is 3.08. The molecule has 0 saturated carbocycles. The lowest BCUT2D eigenvalue weighted by atomic mass is 10.1. The molecule has 0 aliphatic heterocycles. The van der Waals surface area contributed by atoms with E-state index in [1.165, 1.54) is 12.1 Å². The number of thiophene rings is 1. The van der Waals surface area contributed by atoms with Crippen molar-refractivity contribution >= 4 is 17.1 Å². The van der Waals surface area contributed by atoms with Gasteiger partial charge in [-0.05, 0) is 35.2 Å². The molecule has 0 saturated heterocycles. The van der Waals surface area contributed by atoms with Crippen LogP contribution >= 0.6 is 11.3 Å². The van der Waals surface area contributed by atoms with Crippen LogP contribution in [0.1, 0.15) is 11.4 Å². The fraction of sp³-hybridized carbons (Fsp3) is 0.0625. The van der Waals surface area contributed by atoms with E-state index in [1.54, 1.807) is 22.0 Å². The van der Waals surface area contributed by atoms with Crippen LogP contribution in [-0.4, -0.2) is 19.6 Å². The van der Waals surface area contributed by atoms with Crippen LogP contribution in [0, 0.1) is 11.6 Å². The zero-order chi connectivity index (χ0) is 15.8. The predicted molar refractivity (Wildman–Crippen MR) is 83.3 cm³/mol. The molecule has 0 N–H and O–H groups in total. The van der Waals surface area contributed by atoms with E-state index < -0.39 is 11.6 Å². The lowest BCUT2D eigenvalue weighted by Crippen LogP contribution is -1.96. The Morgan fingerprint density at radius 2 is 1.91 bits per heavy atom. The van der Waals surface area contributed by atoms with Crippen molar-refractivity contribution in [1.82, 2.24) is 19.6 Å². The van der Waals surface area contributed by atoms with Crippen LogP contribution in [0.2, 0.25) is 0 Å². The van der Waals surface area contributed by atoms with Crippen LogP contribution in [0.3, 0.4) is 0 Å². The third-order valence-electron chi connectivity index (χ3n) is 3.39. The summed E-state index contributed by atoms with van der Waals surface area (Å²) < 4.78 is 28.2. The largest absolute Gasteiger partial charge is 0.252 e. The van der Waals surface area contributed by atoms with Gasteiger partial charge >= 0.3 is 0 Å². The average molecular weight is 328 g/mol. The summed E-state index contributed by atoms with van der Waals surface area (Å²) in [7, 11) is 0. The van der Waals surface area contributed by atoms with Gasteiger partial charge in [0, 0.05) is 29.6 Å². The molecule has 4 aromatic rings. The summed E-state index contributed by atoms with van der Waals surface area (Å²) in [4.78, 5) is 8.53. The van der Waals surface area contributed by atoms with E-state index in [4.69, 9.17) is 0 Å². The molecule has 1 aromatic carbocycles. The van der Waals surface area contributed by atoms with Crippen LogP contribution in [0.15, 0.2) is 47.3 Å². The summed E-state index contributed by atoms with van der Waals surface area (Å²) in [5.41, 5.74) is 2.38. The summed E-state index contributed by atoms with van der Waals surface area (Å²) in [5.74, 6) is -0.299. The maximum absolute atomic E-state index is 13.3. The highest BCUT2D eigenvalue weighted by Crippen LogP contribution is 2.22. The maximum Gasteiger partial charge on any atom is 0.252 e. The Labute approximate surface area is 134 Å². The summed E-state index contributed by atoms with van der Waals surface area (Å²) in [5, 5.41) is 8.42. The quantitative estimate of drug-likeness (QED) is 0.576. The van der Waals surface area contributed by atoms with Gasteiger partial charge in [-0.25, -0.2) is 13.8 Å². The first-order valence-corrected chi connectivity index (χ1v) is 7.81. The third kappa shape index (κ3) is 2.70. The van der Waals surface area contributed by atoms with Gasteiger partial charge in [0.05, 0.1) is 5.69 Å². The molecular formula is C16H10F2N4S. The van der Waals surface area contributed by atoms with Gasteiger partial charge in [-0.1, -0.05) is 0 Å². The minimum Gasteiger partial charge on any atom is -0.220 e. The van der Waals surface area contributed by atoms with E-state index >= 15 is 0 Å². The number of hydrogen-bond donors (Lipinski definition) is 0. The first-order chi connectivity index (χ1) is 11.2. The summed E-state index contributed by atoms with van der Waals surface area (Å²) in [6.07, 6.45) is 1.91. The van der Waals surface area contributed by atoms with Crippen molar-refractivity contribution in [2.24, 2.45) is 0 Å². The molecule has 114 valence electrons. The minimum absolute atomic E-state index is 0.237. The summed E-state index contributed by atoms with van der Waals surface area (Å²) in [6.45, 7) is 0. The van der Waals surface area contributed by atoms with E-state index in [2.05, 4.69) is 15.1 Å². The molecule has 0 radical (unpaired) electrons. The smallest absolute Gasteiger partial charge is 0.220 e. The molecule has 0 aliphatic carbocycles. The second-order valence-electron chi connectivity index (χ2n) is 5.04. The second-order valence-corrected chi connectivity index (χ2v) is 5.82. The van der Waals surface area contributed by atoms with Crippen molar-refractivity contribution in [3.05, 3.63) is 70.3 Å². The molecule has 3 aromatic heterocycles. The van der Waals surface area contributed by atoms with E-state index in [0.717, 1.165) is 17.3 Å². The second kappa shape index (κ2) is 5.51. The van der Waals surface area contributed by atoms with Crippen molar-refractivity contribution in [2.75, 3.05) is 0 Å². The Hall–Kier alpha value is -2.67. The molecule has 3 heterocycles. The van der Waals surface area contributed by atoms with Crippen LogP contribution in [0.5, 0.6) is 0 Å². The number of fused-ring (bicyclic) bond motifs is 1. The topological polar surface area (TPSA) is 43.1 Å². The van der Waals surface area contributed by atoms with Crippen molar-refractivity contribution in [1.29, 1.82) is 0 Å². The van der Waals surface area contributed by atoms with Gasteiger partial charge in [-0.15, -0.1) is 5.10 Å². The summed E-state index contributed by atoms with van der Waals surface area (Å²) >= 11 is 1.59. The van der Waals surface area contributed by atoms with Crippen molar-refractivity contribution < 1.29 is 8.78 Å². The molecule has 0 fully saturated rings. The summed E-state index contributed by atoms with van der Waals surface area (Å²) in [6, 6.07) is 7.25. The lowest BCUT2D eigenvalue weighted by molar-refractivity contribution is 0.580. The highest BCUT2D eigenvalue weighted by molar-refractivity contribution is 7.08. The molecule has 4 nitrogen and oxygen atoms in total. The molecule has 23 heavy (non-hydrogen) atoms. The monoisotopic (exact) mass is 328 g/mol. The molecule has 0 unspecified atom stereocenters. The van der Waals surface area contributed by atoms with Gasteiger partial charge in [0.15, 0.2) is 5.82 Å². The normalized spacial score (nSPS) is 11.2. The molecule has 4 rings (SSSR count). The zero-order valence-electron chi connectivity index (χ0n) is 11.8. The number of aromatic nitrogens is 4. The standard InChI is InChI=1S/C16H10F2N4S/c17-12-5-10(6-13(18)8-12)7-15-20-16-19-3-1-14(22(16)21-15)11-2-4-23-9-11/h1-6,8-9H,7H2. The molecule has 0 bridgehead atoms. The molecule has 7 heteroatoms. The van der Waals surface area contributed by atoms with Crippen LogP contribution in [0.25, 0.3) is 17.0 Å². The minimum atomic E-state index is -0.610. The first-order valence-electron chi connectivity index (χ1n) is 6.87. The Morgan fingerprint density at radius 3 is 2.65 bits per heavy atom. The Morgan fingerprint density at radius 1 is 1.09 bits per heavy atom. The zero-order valence-corrected chi connectivity index (χ0v) is 12.6. The maximum atomic E-state index is 13.3. The predicted octanol–water partition coefficient (Wildman–Crippen LogP) is 3.72. The van der Waals surface area contributed by atoms with E-state index in [0.29, 0.717) is 17.2 Å².